The van der Waals surface area contributed by atoms with E-state index >= 15 is 0 Å². The number of benzene rings is 1. The molecule has 0 aliphatic rings. The molecule has 13 heavy (non-hydrogen) atoms. The van der Waals surface area contributed by atoms with Gasteiger partial charge in [0, 0.05) is 6.07 Å². The monoisotopic (exact) mass is 182 g/mol. The largest absolute Gasteiger partial charge is 0.504 e. The lowest BCUT2D eigenvalue weighted by molar-refractivity contribution is 0.312. The van der Waals surface area contributed by atoms with Crippen molar-refractivity contribution in [2.24, 2.45) is 0 Å². The van der Waals surface area contributed by atoms with Crippen molar-refractivity contribution in [3.63, 3.8) is 0 Å². The number of methoxy groups -OCH3 is 1. The molecule has 1 rings (SSSR count). The molecule has 0 aromatic heterocycles. The zero-order chi connectivity index (χ0) is 9.68. The van der Waals surface area contributed by atoms with Crippen LogP contribution in [0.15, 0.2) is 18.2 Å². The number of hydrogen-bond donors (Lipinski definition) is 1. The fourth-order valence-electron chi connectivity index (χ4n) is 0.968. The molecule has 0 amide bonds. The molecule has 0 aliphatic carbocycles. The zero-order valence-corrected chi connectivity index (χ0v) is 7.91. The van der Waals surface area contributed by atoms with Gasteiger partial charge in [0.1, 0.15) is 5.75 Å². The van der Waals surface area contributed by atoms with Gasteiger partial charge in [-0.3, -0.25) is 0 Å². The third-order valence-corrected chi connectivity index (χ3v) is 1.62. The van der Waals surface area contributed by atoms with Crippen LogP contribution in [0.3, 0.4) is 0 Å². The van der Waals surface area contributed by atoms with E-state index in [9.17, 15) is 5.11 Å². The molecule has 3 nitrogen and oxygen atoms in total. The average Bonchev–Trinajstić information content (AvgIpc) is 2.16. The van der Waals surface area contributed by atoms with E-state index in [1.807, 2.05) is 6.92 Å². The number of rotatable bonds is 4. The van der Waals surface area contributed by atoms with Gasteiger partial charge < -0.3 is 14.6 Å². The summed E-state index contributed by atoms with van der Waals surface area (Å²) in [5.41, 5.74) is 0. The van der Waals surface area contributed by atoms with E-state index in [-0.39, 0.29) is 5.75 Å². The van der Waals surface area contributed by atoms with Gasteiger partial charge in [-0.2, -0.15) is 0 Å². The molecular formula is C10H14O3. The molecule has 72 valence electrons. The van der Waals surface area contributed by atoms with E-state index in [1.54, 1.807) is 18.2 Å². The van der Waals surface area contributed by atoms with Gasteiger partial charge >= 0.3 is 0 Å². The molecule has 0 bridgehead atoms. The Morgan fingerprint density at radius 2 is 2.15 bits per heavy atom. The van der Waals surface area contributed by atoms with Crippen LogP contribution < -0.4 is 9.47 Å². The van der Waals surface area contributed by atoms with Crippen LogP contribution in [0, 0.1) is 0 Å². The van der Waals surface area contributed by atoms with Crippen molar-refractivity contribution in [3.05, 3.63) is 18.2 Å². The highest BCUT2D eigenvalue weighted by molar-refractivity contribution is 5.44. The van der Waals surface area contributed by atoms with Crippen LogP contribution in [-0.2, 0) is 0 Å². The van der Waals surface area contributed by atoms with Crippen molar-refractivity contribution in [1.82, 2.24) is 0 Å². The van der Waals surface area contributed by atoms with Crippen LogP contribution in [0.1, 0.15) is 13.3 Å². The predicted molar refractivity (Wildman–Crippen MR) is 50.4 cm³/mol. The van der Waals surface area contributed by atoms with Crippen LogP contribution >= 0.6 is 0 Å². The molecule has 1 aromatic rings. The van der Waals surface area contributed by atoms with Gasteiger partial charge in [0.2, 0.25) is 0 Å². The zero-order valence-electron chi connectivity index (χ0n) is 7.91. The first-order valence-electron chi connectivity index (χ1n) is 4.27. The summed E-state index contributed by atoms with van der Waals surface area (Å²) < 4.78 is 10.3. The Kier molecular flexibility index (Phi) is 3.43. The highest BCUT2D eigenvalue weighted by atomic mass is 16.5. The molecule has 1 aromatic carbocycles. The number of phenols is 1. The lowest BCUT2D eigenvalue weighted by Crippen LogP contribution is -1.95. The minimum absolute atomic E-state index is 0.131. The van der Waals surface area contributed by atoms with Crippen LogP contribution in [0.25, 0.3) is 0 Å². The Bertz CT molecular complexity index is 271. The molecule has 0 fully saturated rings. The van der Waals surface area contributed by atoms with Crippen molar-refractivity contribution in [3.8, 4) is 17.2 Å². The van der Waals surface area contributed by atoms with Crippen molar-refractivity contribution in [2.75, 3.05) is 13.7 Å². The number of aromatic hydroxyl groups is 1. The maximum Gasteiger partial charge on any atom is 0.164 e. The summed E-state index contributed by atoms with van der Waals surface area (Å²) in [5, 5.41) is 9.28. The minimum Gasteiger partial charge on any atom is -0.504 e. The third kappa shape index (κ3) is 2.54. The maximum atomic E-state index is 9.28. The maximum absolute atomic E-state index is 9.28. The predicted octanol–water partition coefficient (Wildman–Crippen LogP) is 2.19. The summed E-state index contributed by atoms with van der Waals surface area (Å²) in [4.78, 5) is 0. The molecule has 0 atom stereocenters. The van der Waals surface area contributed by atoms with Gasteiger partial charge in [0.05, 0.1) is 13.7 Å². The fraction of sp³-hybridized carbons (Fsp3) is 0.400. The van der Waals surface area contributed by atoms with Gasteiger partial charge in [0.15, 0.2) is 11.5 Å². The summed E-state index contributed by atoms with van der Waals surface area (Å²) in [6.07, 6.45) is 0.961. The molecule has 0 spiro atoms. The molecule has 0 saturated heterocycles. The Hall–Kier alpha value is -1.38. The van der Waals surface area contributed by atoms with Crippen molar-refractivity contribution in [1.29, 1.82) is 0 Å². The van der Waals surface area contributed by atoms with Gasteiger partial charge in [-0.25, -0.2) is 0 Å². The number of ether oxygens (including phenoxy) is 2. The summed E-state index contributed by atoms with van der Waals surface area (Å²) >= 11 is 0. The highest BCUT2D eigenvalue weighted by Crippen LogP contribution is 2.29. The van der Waals surface area contributed by atoms with E-state index in [0.717, 1.165) is 12.2 Å². The molecule has 0 radical (unpaired) electrons. The molecule has 0 unspecified atom stereocenters. The van der Waals surface area contributed by atoms with E-state index < -0.39 is 0 Å². The third-order valence-electron chi connectivity index (χ3n) is 1.62. The summed E-state index contributed by atoms with van der Waals surface area (Å²) in [6, 6.07) is 4.95. The fourth-order valence-corrected chi connectivity index (χ4v) is 0.968. The molecule has 0 saturated carbocycles. The highest BCUT2D eigenvalue weighted by Gasteiger charge is 2.02. The summed E-state index contributed by atoms with van der Waals surface area (Å²) in [6.45, 7) is 2.71. The van der Waals surface area contributed by atoms with E-state index in [4.69, 9.17) is 9.47 Å². The van der Waals surface area contributed by atoms with Crippen LogP contribution in [-0.4, -0.2) is 18.8 Å². The van der Waals surface area contributed by atoms with Gasteiger partial charge in [0.25, 0.3) is 0 Å². The van der Waals surface area contributed by atoms with Crippen LogP contribution in [0.5, 0.6) is 17.2 Å². The van der Waals surface area contributed by atoms with Crippen molar-refractivity contribution < 1.29 is 14.6 Å². The van der Waals surface area contributed by atoms with Gasteiger partial charge in [-0.05, 0) is 18.6 Å². The normalized spacial score (nSPS) is 9.69. The molecule has 3 heteroatoms. The number of phenolic OH excluding ortho intramolecular Hbond substituents is 1. The first-order chi connectivity index (χ1) is 6.27. The second-order valence-corrected chi connectivity index (χ2v) is 2.68. The minimum atomic E-state index is 0.131. The standard InChI is InChI=1S/C10H14O3/c1-3-6-13-8-4-5-9(11)10(7-8)12-2/h4-5,7,11H,3,6H2,1-2H3. The van der Waals surface area contributed by atoms with E-state index in [2.05, 4.69) is 0 Å². The SMILES string of the molecule is CCCOc1ccc(O)c(OC)c1. The smallest absolute Gasteiger partial charge is 0.164 e. The van der Waals surface area contributed by atoms with Crippen molar-refractivity contribution in [2.45, 2.75) is 13.3 Å². The summed E-state index contributed by atoms with van der Waals surface area (Å²) in [7, 11) is 1.51. The van der Waals surface area contributed by atoms with Crippen molar-refractivity contribution >= 4 is 0 Å². The quantitative estimate of drug-likeness (QED) is 0.775. The summed E-state index contributed by atoms with van der Waals surface area (Å²) in [5.74, 6) is 1.29. The van der Waals surface area contributed by atoms with E-state index in [0.29, 0.717) is 12.4 Å². The first-order valence-corrected chi connectivity index (χ1v) is 4.27. The lowest BCUT2D eigenvalue weighted by Gasteiger charge is -2.07. The Labute approximate surface area is 77.9 Å². The Morgan fingerprint density at radius 1 is 1.38 bits per heavy atom. The van der Waals surface area contributed by atoms with Crippen LogP contribution in [0.2, 0.25) is 0 Å². The first kappa shape index (κ1) is 9.71. The van der Waals surface area contributed by atoms with Gasteiger partial charge in [-0.1, -0.05) is 6.92 Å². The second kappa shape index (κ2) is 4.60. The second-order valence-electron chi connectivity index (χ2n) is 2.68. The molecule has 1 N–H and O–H groups in total. The Morgan fingerprint density at radius 3 is 2.77 bits per heavy atom. The van der Waals surface area contributed by atoms with Gasteiger partial charge in [-0.15, -0.1) is 0 Å². The van der Waals surface area contributed by atoms with Crippen LogP contribution in [0.4, 0.5) is 0 Å². The molecule has 0 aliphatic heterocycles. The Balaban J connectivity index is 2.74. The topological polar surface area (TPSA) is 38.7 Å². The number of hydrogen-bond acceptors (Lipinski definition) is 3. The lowest BCUT2D eigenvalue weighted by atomic mass is 10.3. The van der Waals surface area contributed by atoms with E-state index in [1.165, 1.54) is 7.11 Å². The molecular weight excluding hydrogens is 168 g/mol. The molecule has 0 heterocycles. The average molecular weight is 182 g/mol.